The monoisotopic (exact) mass is 257 g/mol. The van der Waals surface area contributed by atoms with Gasteiger partial charge in [0.25, 0.3) is 5.69 Å². The molecule has 5 nitrogen and oxygen atoms in total. The number of pyridine rings is 1. The molecule has 1 aromatic heterocycles. The van der Waals surface area contributed by atoms with Gasteiger partial charge in [0.15, 0.2) is 0 Å². The van der Waals surface area contributed by atoms with Crippen molar-refractivity contribution < 1.29 is 4.92 Å². The molecule has 0 saturated carbocycles. The normalized spacial score (nSPS) is 10.4. The minimum Gasteiger partial charge on any atom is -0.313 e. The molecule has 0 unspecified atom stereocenters. The van der Waals surface area contributed by atoms with Gasteiger partial charge in [0.2, 0.25) is 0 Å². The zero-order chi connectivity index (χ0) is 13.7. The number of hydrogen-bond donors (Lipinski definition) is 1. The van der Waals surface area contributed by atoms with Crippen molar-refractivity contribution in [3.63, 3.8) is 0 Å². The molecule has 2 rings (SSSR count). The molecule has 0 aliphatic rings. The van der Waals surface area contributed by atoms with Crippen LogP contribution in [0.1, 0.15) is 12.5 Å². The van der Waals surface area contributed by atoms with Crippen LogP contribution in [0.4, 0.5) is 5.69 Å². The minimum atomic E-state index is -0.389. The SMILES string of the molecule is CCNCc1cncc(-c2cccc([N+](=O)[O-])c2)c1. The van der Waals surface area contributed by atoms with Crippen LogP contribution in [0.15, 0.2) is 42.7 Å². The summed E-state index contributed by atoms with van der Waals surface area (Å²) < 4.78 is 0. The number of rotatable bonds is 5. The van der Waals surface area contributed by atoms with Crippen LogP contribution in [0, 0.1) is 10.1 Å². The van der Waals surface area contributed by atoms with Gasteiger partial charge in [-0.05, 0) is 23.7 Å². The van der Waals surface area contributed by atoms with Crippen molar-refractivity contribution in [3.8, 4) is 11.1 Å². The first-order chi connectivity index (χ1) is 9.20. The average molecular weight is 257 g/mol. The van der Waals surface area contributed by atoms with E-state index in [9.17, 15) is 10.1 Å². The van der Waals surface area contributed by atoms with E-state index in [2.05, 4.69) is 10.3 Å². The van der Waals surface area contributed by atoms with Crippen LogP contribution in [-0.2, 0) is 6.54 Å². The third kappa shape index (κ3) is 3.35. The largest absolute Gasteiger partial charge is 0.313 e. The summed E-state index contributed by atoms with van der Waals surface area (Å²) in [6.07, 6.45) is 3.51. The molecule has 0 saturated heterocycles. The summed E-state index contributed by atoms with van der Waals surface area (Å²) in [6, 6.07) is 8.58. The molecule has 5 heteroatoms. The van der Waals surface area contributed by atoms with Gasteiger partial charge in [-0.2, -0.15) is 0 Å². The lowest BCUT2D eigenvalue weighted by Gasteiger charge is -2.05. The van der Waals surface area contributed by atoms with Crippen LogP contribution in [-0.4, -0.2) is 16.5 Å². The Hall–Kier alpha value is -2.27. The zero-order valence-electron chi connectivity index (χ0n) is 10.7. The molecular formula is C14H15N3O2. The second-order valence-electron chi connectivity index (χ2n) is 4.17. The van der Waals surface area contributed by atoms with E-state index in [1.54, 1.807) is 24.5 Å². The maximum atomic E-state index is 10.8. The summed E-state index contributed by atoms with van der Waals surface area (Å²) in [5.41, 5.74) is 2.85. The topological polar surface area (TPSA) is 68.1 Å². The molecule has 1 aromatic carbocycles. The highest BCUT2D eigenvalue weighted by Gasteiger charge is 2.07. The van der Waals surface area contributed by atoms with Gasteiger partial charge in [0, 0.05) is 36.6 Å². The maximum Gasteiger partial charge on any atom is 0.270 e. The summed E-state index contributed by atoms with van der Waals surface area (Å²) in [4.78, 5) is 14.6. The van der Waals surface area contributed by atoms with Gasteiger partial charge in [-0.25, -0.2) is 0 Å². The molecule has 0 radical (unpaired) electrons. The smallest absolute Gasteiger partial charge is 0.270 e. The molecular weight excluding hydrogens is 242 g/mol. The van der Waals surface area contributed by atoms with Crippen molar-refractivity contribution in [1.29, 1.82) is 0 Å². The molecule has 0 aliphatic carbocycles. The van der Waals surface area contributed by atoms with E-state index in [0.29, 0.717) is 0 Å². The predicted octanol–water partition coefficient (Wildman–Crippen LogP) is 2.77. The molecule has 0 spiro atoms. The van der Waals surface area contributed by atoms with Gasteiger partial charge in [0.05, 0.1) is 4.92 Å². The minimum absolute atomic E-state index is 0.0922. The van der Waals surface area contributed by atoms with Crippen LogP contribution < -0.4 is 5.32 Å². The first kappa shape index (κ1) is 13.2. The summed E-state index contributed by atoms with van der Waals surface area (Å²) in [7, 11) is 0. The van der Waals surface area contributed by atoms with Crippen LogP contribution in [0.25, 0.3) is 11.1 Å². The first-order valence-corrected chi connectivity index (χ1v) is 6.10. The molecule has 0 amide bonds. The van der Waals surface area contributed by atoms with Crippen LogP contribution in [0.5, 0.6) is 0 Å². The number of aromatic nitrogens is 1. The second-order valence-corrected chi connectivity index (χ2v) is 4.17. The third-order valence-corrected chi connectivity index (χ3v) is 2.76. The van der Waals surface area contributed by atoms with Crippen molar-refractivity contribution in [2.75, 3.05) is 6.54 Å². The fourth-order valence-corrected chi connectivity index (χ4v) is 1.81. The second kappa shape index (κ2) is 6.06. The van der Waals surface area contributed by atoms with Crippen molar-refractivity contribution >= 4 is 5.69 Å². The Bertz CT molecular complexity index is 584. The first-order valence-electron chi connectivity index (χ1n) is 6.10. The summed E-state index contributed by atoms with van der Waals surface area (Å²) in [5.74, 6) is 0. The van der Waals surface area contributed by atoms with Gasteiger partial charge in [-0.3, -0.25) is 15.1 Å². The Kier molecular flexibility index (Phi) is 4.20. The number of benzene rings is 1. The van der Waals surface area contributed by atoms with Crippen molar-refractivity contribution in [1.82, 2.24) is 10.3 Å². The molecule has 98 valence electrons. The lowest BCUT2D eigenvalue weighted by atomic mass is 10.1. The van der Waals surface area contributed by atoms with Gasteiger partial charge in [-0.15, -0.1) is 0 Å². The fourth-order valence-electron chi connectivity index (χ4n) is 1.81. The Balaban J connectivity index is 2.30. The fraction of sp³-hybridized carbons (Fsp3) is 0.214. The van der Waals surface area contributed by atoms with Crippen molar-refractivity contribution in [2.45, 2.75) is 13.5 Å². The molecule has 1 heterocycles. The van der Waals surface area contributed by atoms with E-state index >= 15 is 0 Å². The summed E-state index contributed by atoms with van der Waals surface area (Å²) in [6.45, 7) is 3.67. The van der Waals surface area contributed by atoms with Gasteiger partial charge in [-0.1, -0.05) is 19.1 Å². The van der Waals surface area contributed by atoms with Crippen molar-refractivity contribution in [3.05, 3.63) is 58.4 Å². The number of nitrogens with zero attached hydrogens (tertiary/aromatic N) is 2. The molecule has 19 heavy (non-hydrogen) atoms. The van der Waals surface area contributed by atoms with E-state index in [-0.39, 0.29) is 10.6 Å². The molecule has 1 N–H and O–H groups in total. The molecule has 0 aliphatic heterocycles. The molecule has 0 fully saturated rings. The van der Waals surface area contributed by atoms with Crippen molar-refractivity contribution in [2.24, 2.45) is 0 Å². The average Bonchev–Trinajstić information content (AvgIpc) is 2.45. The predicted molar refractivity (Wildman–Crippen MR) is 73.7 cm³/mol. The Labute approximate surface area is 111 Å². The highest BCUT2D eigenvalue weighted by molar-refractivity contribution is 5.65. The van der Waals surface area contributed by atoms with E-state index in [4.69, 9.17) is 0 Å². The maximum absolute atomic E-state index is 10.8. The number of nitrogens with one attached hydrogen (secondary N) is 1. The van der Waals surface area contributed by atoms with E-state index in [1.807, 2.05) is 19.1 Å². The summed E-state index contributed by atoms with van der Waals surface area (Å²) in [5, 5.41) is 14.0. The van der Waals surface area contributed by atoms with Gasteiger partial charge < -0.3 is 5.32 Å². The number of non-ortho nitro benzene ring substituents is 1. The van der Waals surface area contributed by atoms with E-state index < -0.39 is 0 Å². The quantitative estimate of drug-likeness (QED) is 0.660. The molecule has 0 bridgehead atoms. The standard InChI is InChI=1S/C14H15N3O2/c1-2-15-8-11-6-13(10-16-9-11)12-4-3-5-14(7-12)17(18)19/h3-7,9-10,15H,2,8H2,1H3. The molecule has 0 atom stereocenters. The lowest BCUT2D eigenvalue weighted by Crippen LogP contribution is -2.11. The number of hydrogen-bond acceptors (Lipinski definition) is 4. The van der Waals surface area contributed by atoms with Crippen LogP contribution >= 0.6 is 0 Å². The number of nitro groups is 1. The highest BCUT2D eigenvalue weighted by atomic mass is 16.6. The van der Waals surface area contributed by atoms with E-state index in [0.717, 1.165) is 29.8 Å². The summed E-state index contributed by atoms with van der Waals surface area (Å²) >= 11 is 0. The third-order valence-electron chi connectivity index (χ3n) is 2.76. The highest BCUT2D eigenvalue weighted by Crippen LogP contribution is 2.23. The Morgan fingerprint density at radius 2 is 2.11 bits per heavy atom. The number of nitro benzene ring substituents is 1. The van der Waals surface area contributed by atoms with Crippen LogP contribution in [0.2, 0.25) is 0 Å². The van der Waals surface area contributed by atoms with Gasteiger partial charge in [0.1, 0.15) is 0 Å². The lowest BCUT2D eigenvalue weighted by molar-refractivity contribution is -0.384. The molecule has 2 aromatic rings. The van der Waals surface area contributed by atoms with E-state index in [1.165, 1.54) is 6.07 Å². The Morgan fingerprint density at radius 1 is 1.26 bits per heavy atom. The van der Waals surface area contributed by atoms with Crippen LogP contribution in [0.3, 0.4) is 0 Å². The Morgan fingerprint density at radius 3 is 2.84 bits per heavy atom. The zero-order valence-corrected chi connectivity index (χ0v) is 10.7. The van der Waals surface area contributed by atoms with Gasteiger partial charge >= 0.3 is 0 Å².